The summed E-state index contributed by atoms with van der Waals surface area (Å²) in [5.74, 6) is 0.478. The molecule has 0 aromatic heterocycles. The van der Waals surface area contributed by atoms with E-state index in [2.05, 4.69) is 53.3 Å². The summed E-state index contributed by atoms with van der Waals surface area (Å²) in [6.07, 6.45) is 13.8. The van der Waals surface area contributed by atoms with Crippen LogP contribution in [0.1, 0.15) is 86.5 Å². The molecular formula is C30H40O3. The smallest absolute Gasteiger partial charge is 0.220 e. The van der Waals surface area contributed by atoms with E-state index < -0.39 is 0 Å². The van der Waals surface area contributed by atoms with Crippen LogP contribution >= 0.6 is 0 Å². The molecule has 0 unspecified atom stereocenters. The van der Waals surface area contributed by atoms with Crippen LogP contribution in [0.15, 0.2) is 58.6 Å². The number of aliphatic hydroxyl groups excluding tert-OH is 2. The molecular weight excluding hydrogens is 408 g/mol. The van der Waals surface area contributed by atoms with Crippen LogP contribution in [0.2, 0.25) is 0 Å². The Morgan fingerprint density at radius 1 is 1.00 bits per heavy atom. The van der Waals surface area contributed by atoms with Crippen molar-refractivity contribution in [3.05, 3.63) is 58.6 Å². The molecule has 2 N–H and O–H groups in total. The normalized spacial score (nSPS) is 46.8. The molecule has 3 nitrogen and oxygen atoms in total. The highest BCUT2D eigenvalue weighted by Gasteiger charge is 2.66. The first-order valence-corrected chi connectivity index (χ1v) is 12.7. The van der Waals surface area contributed by atoms with E-state index in [0.717, 1.165) is 49.7 Å². The van der Waals surface area contributed by atoms with Crippen LogP contribution in [0.25, 0.3) is 0 Å². The lowest BCUT2D eigenvalue weighted by atomic mass is 9.34. The van der Waals surface area contributed by atoms with Gasteiger partial charge in [-0.25, -0.2) is 0 Å². The molecule has 5 rings (SSSR count). The number of rotatable bonds is 1. The van der Waals surface area contributed by atoms with Gasteiger partial charge in [0.05, 0.1) is 5.76 Å². The van der Waals surface area contributed by atoms with Crippen molar-refractivity contribution in [1.29, 1.82) is 0 Å². The van der Waals surface area contributed by atoms with Crippen molar-refractivity contribution in [1.82, 2.24) is 0 Å². The average Bonchev–Trinajstić information content (AvgIpc) is 2.75. The second-order valence-corrected chi connectivity index (χ2v) is 13.1. The monoisotopic (exact) mass is 448 g/mol. The molecule has 3 fully saturated rings. The number of carbonyl (C=O) groups is 1. The first-order valence-electron chi connectivity index (χ1n) is 12.7. The maximum Gasteiger partial charge on any atom is 0.220 e. The molecule has 0 radical (unpaired) electrons. The molecule has 0 amide bonds. The quantitative estimate of drug-likeness (QED) is 0.404. The predicted molar refractivity (Wildman–Crippen MR) is 133 cm³/mol. The second kappa shape index (κ2) is 6.55. The van der Waals surface area contributed by atoms with E-state index in [1.54, 1.807) is 6.08 Å². The Balaban J connectivity index is 1.64. The number of ketones is 1. The minimum atomic E-state index is -0.263. The SMILES string of the molecule is C=C(O)[C@]1(C)CC[C@]2(C)CC[C@]3(C)C4=CC=C5C(=CC(=O)C(O)=C5C)[C@]4(C)CC[C@@]3(C)[C@@H]2C1. The Kier molecular flexibility index (Phi) is 4.51. The van der Waals surface area contributed by atoms with Crippen LogP contribution in [-0.4, -0.2) is 16.0 Å². The highest BCUT2D eigenvalue weighted by molar-refractivity contribution is 6.06. The average molecular weight is 449 g/mol. The maximum absolute atomic E-state index is 12.6. The lowest BCUT2D eigenvalue weighted by Gasteiger charge is -2.70. The van der Waals surface area contributed by atoms with Crippen molar-refractivity contribution in [2.45, 2.75) is 86.5 Å². The highest BCUT2D eigenvalue weighted by atomic mass is 16.3. The van der Waals surface area contributed by atoms with Gasteiger partial charge in [0.25, 0.3) is 0 Å². The van der Waals surface area contributed by atoms with Gasteiger partial charge in [0.15, 0.2) is 5.76 Å². The van der Waals surface area contributed by atoms with Crippen LogP contribution in [-0.2, 0) is 4.79 Å². The van der Waals surface area contributed by atoms with E-state index in [1.807, 2.05) is 6.92 Å². The van der Waals surface area contributed by atoms with Crippen LogP contribution in [0.5, 0.6) is 0 Å². The van der Waals surface area contributed by atoms with Crippen LogP contribution in [0, 0.1) is 33.0 Å². The summed E-state index contributed by atoms with van der Waals surface area (Å²) in [5, 5.41) is 20.8. The summed E-state index contributed by atoms with van der Waals surface area (Å²) in [6, 6.07) is 0. The van der Waals surface area contributed by atoms with Crippen LogP contribution in [0.3, 0.4) is 0 Å². The minimum Gasteiger partial charge on any atom is -0.512 e. The van der Waals surface area contributed by atoms with Gasteiger partial charge in [-0.05, 0) is 91.3 Å². The van der Waals surface area contributed by atoms with Crippen LogP contribution in [0.4, 0.5) is 0 Å². The molecule has 0 aliphatic heterocycles. The van der Waals surface area contributed by atoms with Gasteiger partial charge < -0.3 is 10.2 Å². The summed E-state index contributed by atoms with van der Waals surface area (Å²) < 4.78 is 0. The van der Waals surface area contributed by atoms with E-state index >= 15 is 0 Å². The van der Waals surface area contributed by atoms with Crippen molar-refractivity contribution < 1.29 is 15.0 Å². The van der Waals surface area contributed by atoms with E-state index in [1.165, 1.54) is 12.0 Å². The number of aliphatic hydroxyl groups is 2. The lowest BCUT2D eigenvalue weighted by molar-refractivity contribution is -0.160. The van der Waals surface area contributed by atoms with Gasteiger partial charge in [-0.15, -0.1) is 0 Å². The van der Waals surface area contributed by atoms with Crippen molar-refractivity contribution in [2.75, 3.05) is 0 Å². The van der Waals surface area contributed by atoms with E-state index in [-0.39, 0.29) is 33.2 Å². The fourth-order valence-electron chi connectivity index (χ4n) is 8.72. The molecule has 0 bridgehead atoms. The zero-order valence-electron chi connectivity index (χ0n) is 21.3. The first kappa shape index (κ1) is 22.7. The van der Waals surface area contributed by atoms with Crippen molar-refractivity contribution in [3.63, 3.8) is 0 Å². The van der Waals surface area contributed by atoms with E-state index in [0.29, 0.717) is 22.7 Å². The Labute approximate surface area is 199 Å². The van der Waals surface area contributed by atoms with E-state index in [4.69, 9.17) is 0 Å². The van der Waals surface area contributed by atoms with Gasteiger partial charge in [-0.3, -0.25) is 4.79 Å². The molecule has 5 aliphatic rings. The highest BCUT2D eigenvalue weighted by Crippen LogP contribution is 2.75. The van der Waals surface area contributed by atoms with Gasteiger partial charge in [-0.1, -0.05) is 58.9 Å². The molecule has 3 heteroatoms. The van der Waals surface area contributed by atoms with Gasteiger partial charge in [0, 0.05) is 16.4 Å². The van der Waals surface area contributed by atoms with Crippen molar-refractivity contribution >= 4 is 5.78 Å². The van der Waals surface area contributed by atoms with E-state index in [9.17, 15) is 15.0 Å². The fourth-order valence-corrected chi connectivity index (χ4v) is 8.72. The Hall–Kier alpha value is -2.03. The number of hydrogen-bond acceptors (Lipinski definition) is 3. The molecule has 178 valence electrons. The second-order valence-electron chi connectivity index (χ2n) is 13.1. The maximum atomic E-state index is 12.6. The largest absolute Gasteiger partial charge is 0.512 e. The van der Waals surface area contributed by atoms with Gasteiger partial charge in [0.1, 0.15) is 0 Å². The fraction of sp³-hybridized carbons (Fsp3) is 0.633. The van der Waals surface area contributed by atoms with Gasteiger partial charge >= 0.3 is 0 Å². The van der Waals surface area contributed by atoms with Crippen molar-refractivity contribution in [3.8, 4) is 0 Å². The summed E-state index contributed by atoms with van der Waals surface area (Å²) in [4.78, 5) is 12.6. The van der Waals surface area contributed by atoms with Crippen molar-refractivity contribution in [2.24, 2.45) is 33.0 Å². The third-order valence-corrected chi connectivity index (χ3v) is 11.6. The standard InChI is InChI=1S/C30H40O3/c1-18-20-8-9-23-28(5,21(20)16-22(32)25(18)33)13-15-30(7)24-17-27(4,19(2)31)11-10-26(24,3)12-14-29(23,30)6/h8-9,16,24,31,33H,2,10-15,17H2,1,3-7H3/t24-,26-,27-,28+,29-,30+/m1/s1. The summed E-state index contributed by atoms with van der Waals surface area (Å²) >= 11 is 0. The number of fused-ring (bicyclic) bond motifs is 7. The minimum absolute atomic E-state index is 0.0161. The molecule has 33 heavy (non-hydrogen) atoms. The third-order valence-electron chi connectivity index (χ3n) is 11.6. The summed E-state index contributed by atoms with van der Waals surface area (Å²) in [7, 11) is 0. The summed E-state index contributed by atoms with van der Waals surface area (Å²) in [6.45, 7) is 17.8. The lowest BCUT2D eigenvalue weighted by Crippen LogP contribution is -2.61. The van der Waals surface area contributed by atoms with Gasteiger partial charge in [0.2, 0.25) is 5.78 Å². The molecule has 0 spiro atoms. The molecule has 3 saturated carbocycles. The molecule has 0 heterocycles. The Bertz CT molecular complexity index is 1100. The molecule has 0 aromatic rings. The molecule has 0 saturated heterocycles. The molecule has 6 atom stereocenters. The number of allylic oxidation sites excluding steroid dienone is 8. The Morgan fingerprint density at radius 3 is 2.33 bits per heavy atom. The topological polar surface area (TPSA) is 57.5 Å². The first-order chi connectivity index (χ1) is 15.2. The zero-order valence-corrected chi connectivity index (χ0v) is 21.3. The third kappa shape index (κ3) is 2.66. The number of carbonyl (C=O) groups excluding carboxylic acids is 1. The zero-order chi connectivity index (χ0) is 24.2. The van der Waals surface area contributed by atoms with Gasteiger partial charge in [-0.2, -0.15) is 0 Å². The number of hydrogen-bond donors (Lipinski definition) is 2. The molecule has 0 aromatic carbocycles. The predicted octanol–water partition coefficient (Wildman–Crippen LogP) is 7.68. The Morgan fingerprint density at radius 2 is 1.67 bits per heavy atom. The molecule has 5 aliphatic carbocycles. The van der Waals surface area contributed by atoms with Crippen LogP contribution < -0.4 is 0 Å². The summed E-state index contributed by atoms with van der Waals surface area (Å²) in [5.41, 5.74) is 4.29.